The van der Waals surface area contributed by atoms with Crippen LogP contribution in [0.25, 0.3) is 0 Å². The summed E-state index contributed by atoms with van der Waals surface area (Å²) in [4.78, 5) is -0.114. The molecule has 0 radical (unpaired) electrons. The van der Waals surface area contributed by atoms with Gasteiger partial charge in [0.15, 0.2) is 0 Å². The lowest BCUT2D eigenvalue weighted by atomic mass is 10.3. The molecule has 4 nitrogen and oxygen atoms in total. The monoisotopic (exact) mass is 317 g/mol. The van der Waals surface area contributed by atoms with Gasteiger partial charge in [-0.15, -0.1) is 0 Å². The summed E-state index contributed by atoms with van der Waals surface area (Å²) in [5.74, 6) is -0.641. The first kappa shape index (κ1) is 15.2. The molecule has 2 rings (SSSR count). The van der Waals surface area contributed by atoms with Gasteiger partial charge in [-0.3, -0.25) is 4.72 Å². The molecule has 1 N–H and O–H groups in total. The minimum Gasteiger partial charge on any atom is -0.435 e. The van der Waals surface area contributed by atoms with Crippen LogP contribution in [0, 0.1) is 5.82 Å². The topological polar surface area (TPSA) is 55.4 Å². The van der Waals surface area contributed by atoms with Gasteiger partial charge >= 0.3 is 6.61 Å². The molecule has 2 aromatic carbocycles. The van der Waals surface area contributed by atoms with Gasteiger partial charge in [0.1, 0.15) is 11.6 Å². The van der Waals surface area contributed by atoms with Gasteiger partial charge in [-0.1, -0.05) is 0 Å². The van der Waals surface area contributed by atoms with Crippen molar-refractivity contribution in [3.63, 3.8) is 0 Å². The highest BCUT2D eigenvalue weighted by Gasteiger charge is 2.14. The number of halogens is 3. The third kappa shape index (κ3) is 4.12. The van der Waals surface area contributed by atoms with Gasteiger partial charge in [0.25, 0.3) is 10.0 Å². The molecule has 21 heavy (non-hydrogen) atoms. The smallest absolute Gasteiger partial charge is 0.387 e. The number of rotatable bonds is 5. The minimum atomic E-state index is -3.87. The zero-order valence-electron chi connectivity index (χ0n) is 10.5. The second-order valence-electron chi connectivity index (χ2n) is 3.96. The van der Waals surface area contributed by atoms with E-state index in [0.29, 0.717) is 0 Å². The van der Waals surface area contributed by atoms with Crippen LogP contribution in [0.4, 0.5) is 18.9 Å². The zero-order chi connectivity index (χ0) is 15.5. The molecule has 0 saturated carbocycles. The largest absolute Gasteiger partial charge is 0.435 e. The van der Waals surface area contributed by atoms with Crippen molar-refractivity contribution < 1.29 is 26.3 Å². The molecule has 8 heteroatoms. The molecule has 0 aliphatic rings. The van der Waals surface area contributed by atoms with Crippen LogP contribution in [-0.2, 0) is 10.0 Å². The Kier molecular flexibility index (Phi) is 4.37. The quantitative estimate of drug-likeness (QED) is 0.921. The zero-order valence-corrected chi connectivity index (χ0v) is 11.3. The van der Waals surface area contributed by atoms with E-state index in [9.17, 15) is 21.6 Å². The Morgan fingerprint density at radius 3 is 2.05 bits per heavy atom. The third-order valence-electron chi connectivity index (χ3n) is 2.46. The summed E-state index contributed by atoms with van der Waals surface area (Å²) in [6, 6.07) is 9.24. The number of alkyl halides is 2. The highest BCUT2D eigenvalue weighted by molar-refractivity contribution is 7.92. The molecule has 0 atom stereocenters. The molecule has 0 fully saturated rings. The molecule has 0 amide bonds. The van der Waals surface area contributed by atoms with Gasteiger partial charge < -0.3 is 4.74 Å². The summed E-state index contributed by atoms with van der Waals surface area (Å²) < 4.78 is 67.1. The van der Waals surface area contributed by atoms with Crippen LogP contribution < -0.4 is 9.46 Å². The van der Waals surface area contributed by atoms with Crippen molar-refractivity contribution in [2.45, 2.75) is 11.5 Å². The Hall–Kier alpha value is -2.22. The summed E-state index contributed by atoms with van der Waals surface area (Å²) in [6.07, 6.45) is 0. The molecular formula is C13H10F3NO3S. The molecule has 0 saturated heterocycles. The second kappa shape index (κ2) is 6.04. The predicted octanol–water partition coefficient (Wildman–Crippen LogP) is 3.23. The van der Waals surface area contributed by atoms with Crippen LogP contribution in [0.5, 0.6) is 5.75 Å². The molecule has 0 spiro atoms. The molecule has 0 aliphatic heterocycles. The molecule has 0 unspecified atom stereocenters. The van der Waals surface area contributed by atoms with E-state index < -0.39 is 22.5 Å². The molecule has 2 aromatic rings. The van der Waals surface area contributed by atoms with E-state index in [1.807, 2.05) is 0 Å². The highest BCUT2D eigenvalue weighted by Crippen LogP contribution is 2.20. The number of benzene rings is 2. The molecule has 112 valence electrons. The van der Waals surface area contributed by atoms with Gasteiger partial charge in [-0.25, -0.2) is 12.8 Å². The molecule has 0 aliphatic carbocycles. The summed E-state index contributed by atoms with van der Waals surface area (Å²) in [5, 5.41) is 0. The molecule has 0 bridgehead atoms. The Labute approximate surface area is 119 Å². The minimum absolute atomic E-state index is 0.0882. The van der Waals surface area contributed by atoms with Crippen molar-refractivity contribution in [2.24, 2.45) is 0 Å². The SMILES string of the molecule is O=S(=O)(Nc1ccc(OC(F)F)cc1)c1ccc(F)cc1. The van der Waals surface area contributed by atoms with Crippen LogP contribution in [-0.4, -0.2) is 15.0 Å². The Bertz CT molecular complexity index is 700. The number of hydrogen-bond acceptors (Lipinski definition) is 3. The number of nitrogens with one attached hydrogen (secondary N) is 1. The number of hydrogen-bond donors (Lipinski definition) is 1. The van der Waals surface area contributed by atoms with E-state index in [1.54, 1.807) is 0 Å². The van der Waals surface area contributed by atoms with Crippen molar-refractivity contribution in [3.05, 3.63) is 54.3 Å². The molecule has 0 aromatic heterocycles. The van der Waals surface area contributed by atoms with E-state index >= 15 is 0 Å². The predicted molar refractivity (Wildman–Crippen MR) is 70.3 cm³/mol. The van der Waals surface area contributed by atoms with Crippen molar-refractivity contribution in [3.8, 4) is 5.75 Å². The first-order valence-corrected chi connectivity index (χ1v) is 7.18. The lowest BCUT2D eigenvalue weighted by molar-refractivity contribution is -0.0498. The first-order chi connectivity index (χ1) is 9.87. The maximum atomic E-state index is 12.8. The second-order valence-corrected chi connectivity index (χ2v) is 5.64. The Morgan fingerprint density at radius 2 is 1.52 bits per heavy atom. The van der Waals surface area contributed by atoms with Gasteiger partial charge in [0.05, 0.1) is 4.90 Å². The Morgan fingerprint density at radius 1 is 0.952 bits per heavy atom. The summed E-state index contributed by atoms with van der Waals surface area (Å²) >= 11 is 0. The van der Waals surface area contributed by atoms with E-state index in [0.717, 1.165) is 24.3 Å². The van der Waals surface area contributed by atoms with Crippen LogP contribution in [0.15, 0.2) is 53.4 Å². The van der Waals surface area contributed by atoms with E-state index in [2.05, 4.69) is 9.46 Å². The van der Waals surface area contributed by atoms with Crippen molar-refractivity contribution in [2.75, 3.05) is 4.72 Å². The van der Waals surface area contributed by atoms with Crippen LogP contribution in [0.3, 0.4) is 0 Å². The maximum absolute atomic E-state index is 12.8. The van der Waals surface area contributed by atoms with Gasteiger partial charge in [-0.05, 0) is 48.5 Å². The fraction of sp³-hybridized carbons (Fsp3) is 0.0769. The Balaban J connectivity index is 2.15. The first-order valence-electron chi connectivity index (χ1n) is 5.70. The van der Waals surface area contributed by atoms with Gasteiger partial charge in [0.2, 0.25) is 0 Å². The van der Waals surface area contributed by atoms with E-state index in [1.165, 1.54) is 24.3 Å². The van der Waals surface area contributed by atoms with E-state index in [4.69, 9.17) is 0 Å². The van der Waals surface area contributed by atoms with E-state index in [-0.39, 0.29) is 16.3 Å². The standard InChI is InChI=1S/C13H10F3NO3S/c14-9-1-7-12(8-2-9)21(18,19)17-10-3-5-11(6-4-10)20-13(15)16/h1-8,13,17H. The van der Waals surface area contributed by atoms with Crippen molar-refractivity contribution >= 4 is 15.7 Å². The van der Waals surface area contributed by atoms with Crippen LogP contribution in [0.1, 0.15) is 0 Å². The number of ether oxygens (including phenoxy) is 1. The lowest BCUT2D eigenvalue weighted by Gasteiger charge is -2.09. The van der Waals surface area contributed by atoms with Crippen molar-refractivity contribution in [1.82, 2.24) is 0 Å². The van der Waals surface area contributed by atoms with Gasteiger partial charge in [0, 0.05) is 5.69 Å². The average Bonchev–Trinajstić information content (AvgIpc) is 2.40. The normalized spacial score (nSPS) is 11.4. The van der Waals surface area contributed by atoms with Crippen LogP contribution >= 0.6 is 0 Å². The average molecular weight is 317 g/mol. The van der Waals surface area contributed by atoms with Crippen molar-refractivity contribution in [1.29, 1.82) is 0 Å². The maximum Gasteiger partial charge on any atom is 0.387 e. The highest BCUT2D eigenvalue weighted by atomic mass is 32.2. The lowest BCUT2D eigenvalue weighted by Crippen LogP contribution is -2.12. The summed E-state index contributed by atoms with van der Waals surface area (Å²) in [6.45, 7) is -2.95. The third-order valence-corrected chi connectivity index (χ3v) is 3.85. The van der Waals surface area contributed by atoms with Gasteiger partial charge in [-0.2, -0.15) is 8.78 Å². The summed E-state index contributed by atoms with van der Waals surface area (Å²) in [5.41, 5.74) is 0.168. The fourth-order valence-corrected chi connectivity index (χ4v) is 2.59. The molecular weight excluding hydrogens is 307 g/mol. The number of sulfonamides is 1. The number of anilines is 1. The molecule has 0 heterocycles. The fourth-order valence-electron chi connectivity index (χ4n) is 1.53. The summed E-state index contributed by atoms with van der Waals surface area (Å²) in [7, 11) is -3.87. The van der Waals surface area contributed by atoms with Crippen LogP contribution in [0.2, 0.25) is 0 Å².